The average molecular weight is 308 g/mol. The Balaban J connectivity index is 2.24. The van der Waals surface area contributed by atoms with Crippen LogP contribution in [0.25, 0.3) is 22.3 Å². The highest BCUT2D eigenvalue weighted by Gasteiger charge is 2.14. The van der Waals surface area contributed by atoms with Crippen molar-refractivity contribution in [1.82, 2.24) is 0 Å². The Morgan fingerprint density at radius 1 is 0.909 bits per heavy atom. The maximum absolute atomic E-state index is 12.4. The molecular weight excluding hydrogens is 292 g/mol. The van der Waals surface area contributed by atoms with Gasteiger partial charge in [-0.1, -0.05) is 42.5 Å². The van der Waals surface area contributed by atoms with Crippen molar-refractivity contribution in [3.8, 4) is 22.3 Å². The number of aryl methyl sites for hydroxylation is 1. The van der Waals surface area contributed by atoms with Crippen molar-refractivity contribution in [3.63, 3.8) is 0 Å². The van der Waals surface area contributed by atoms with Crippen LogP contribution in [0.4, 0.5) is 0 Å². The fourth-order valence-corrected chi connectivity index (χ4v) is 2.90. The molecular formula is C19H16O2S. The summed E-state index contributed by atoms with van der Waals surface area (Å²) >= 11 is 1.70. The minimum atomic E-state index is -0.296. The summed E-state index contributed by atoms with van der Waals surface area (Å²) in [6, 6.07) is 19.8. The molecule has 1 heterocycles. The Bertz CT molecular complexity index is 834. The largest absolute Gasteiger partial charge is 0.428 e. The van der Waals surface area contributed by atoms with Crippen molar-refractivity contribution in [2.75, 3.05) is 6.26 Å². The highest BCUT2D eigenvalue weighted by atomic mass is 32.2. The molecule has 22 heavy (non-hydrogen) atoms. The molecule has 2 nitrogen and oxygen atoms in total. The predicted octanol–water partition coefficient (Wildman–Crippen LogP) is 5.00. The van der Waals surface area contributed by atoms with Crippen molar-refractivity contribution in [1.29, 1.82) is 0 Å². The van der Waals surface area contributed by atoms with Crippen LogP contribution >= 0.6 is 11.8 Å². The summed E-state index contributed by atoms with van der Waals surface area (Å²) in [6.07, 6.45) is 2.05. The van der Waals surface area contributed by atoms with Gasteiger partial charge in [0.25, 0.3) is 0 Å². The second-order valence-electron chi connectivity index (χ2n) is 5.03. The zero-order valence-corrected chi connectivity index (χ0v) is 13.3. The minimum absolute atomic E-state index is 0.296. The number of hydrogen-bond donors (Lipinski definition) is 0. The van der Waals surface area contributed by atoms with Crippen LogP contribution in [-0.4, -0.2) is 6.26 Å². The summed E-state index contributed by atoms with van der Waals surface area (Å²) in [5, 5.41) is 0. The molecule has 0 unspecified atom stereocenters. The molecule has 3 heteroatoms. The monoisotopic (exact) mass is 308 g/mol. The fourth-order valence-electron chi connectivity index (χ4n) is 2.49. The van der Waals surface area contributed by atoms with Gasteiger partial charge >= 0.3 is 5.63 Å². The van der Waals surface area contributed by atoms with Gasteiger partial charge in [0, 0.05) is 10.5 Å². The fraction of sp³-hybridized carbons (Fsp3) is 0.105. The molecule has 0 bridgehead atoms. The third-order valence-corrected chi connectivity index (χ3v) is 4.28. The molecule has 3 aromatic rings. The normalized spacial score (nSPS) is 10.6. The molecule has 3 rings (SSSR count). The predicted molar refractivity (Wildman–Crippen MR) is 92.4 cm³/mol. The van der Waals surface area contributed by atoms with E-state index < -0.39 is 0 Å². The summed E-state index contributed by atoms with van der Waals surface area (Å²) in [7, 11) is 0. The molecule has 1 aromatic heterocycles. The summed E-state index contributed by atoms with van der Waals surface area (Å²) in [4.78, 5) is 13.6. The minimum Gasteiger partial charge on any atom is -0.428 e. The lowest BCUT2D eigenvalue weighted by Gasteiger charge is -2.10. The molecule has 0 radical (unpaired) electrons. The Hall–Kier alpha value is -2.26. The molecule has 0 amide bonds. The highest BCUT2D eigenvalue weighted by molar-refractivity contribution is 7.98. The van der Waals surface area contributed by atoms with Gasteiger partial charge in [-0.05, 0) is 42.5 Å². The highest BCUT2D eigenvalue weighted by Crippen LogP contribution is 2.31. The van der Waals surface area contributed by atoms with Crippen molar-refractivity contribution < 1.29 is 4.42 Å². The van der Waals surface area contributed by atoms with Crippen LogP contribution in [0.5, 0.6) is 0 Å². The molecule has 0 spiro atoms. The van der Waals surface area contributed by atoms with E-state index in [4.69, 9.17) is 4.42 Å². The van der Waals surface area contributed by atoms with Gasteiger partial charge in [0.1, 0.15) is 5.76 Å². The first-order valence-electron chi connectivity index (χ1n) is 7.03. The molecule has 0 aliphatic rings. The molecule has 2 aromatic carbocycles. The lowest BCUT2D eigenvalue weighted by Crippen LogP contribution is -2.06. The summed E-state index contributed by atoms with van der Waals surface area (Å²) in [6.45, 7) is 1.80. The quantitative estimate of drug-likeness (QED) is 0.638. The van der Waals surface area contributed by atoms with Crippen LogP contribution in [0.3, 0.4) is 0 Å². The van der Waals surface area contributed by atoms with Crippen molar-refractivity contribution in [2.24, 2.45) is 0 Å². The SMILES string of the molecule is CSc1ccc(-c2cc(C)oc(=O)c2-c2ccccc2)cc1. The van der Waals surface area contributed by atoms with Crippen LogP contribution in [0, 0.1) is 6.92 Å². The zero-order valence-electron chi connectivity index (χ0n) is 12.5. The number of rotatable bonds is 3. The smallest absolute Gasteiger partial charge is 0.344 e. The van der Waals surface area contributed by atoms with Crippen LogP contribution < -0.4 is 5.63 Å². The van der Waals surface area contributed by atoms with Crippen molar-refractivity contribution in [3.05, 3.63) is 76.8 Å². The first-order chi connectivity index (χ1) is 10.7. The lowest BCUT2D eigenvalue weighted by molar-refractivity contribution is 0.483. The topological polar surface area (TPSA) is 30.2 Å². The van der Waals surface area contributed by atoms with Gasteiger partial charge in [-0.25, -0.2) is 4.79 Å². The second kappa shape index (κ2) is 6.24. The van der Waals surface area contributed by atoms with Crippen molar-refractivity contribution >= 4 is 11.8 Å². The lowest BCUT2D eigenvalue weighted by atomic mass is 9.96. The summed E-state index contributed by atoms with van der Waals surface area (Å²) in [5.41, 5.74) is 3.12. The van der Waals surface area contributed by atoms with Gasteiger partial charge in [-0.15, -0.1) is 11.8 Å². The number of thioether (sulfide) groups is 1. The van der Waals surface area contributed by atoms with Gasteiger partial charge in [-0.2, -0.15) is 0 Å². The maximum Gasteiger partial charge on any atom is 0.344 e. The van der Waals surface area contributed by atoms with Crippen LogP contribution in [0.2, 0.25) is 0 Å². The third kappa shape index (κ3) is 2.85. The van der Waals surface area contributed by atoms with E-state index in [1.54, 1.807) is 18.7 Å². The van der Waals surface area contributed by atoms with Crippen LogP contribution in [0.1, 0.15) is 5.76 Å². The van der Waals surface area contributed by atoms with E-state index in [2.05, 4.69) is 12.1 Å². The van der Waals surface area contributed by atoms with E-state index in [0.717, 1.165) is 16.7 Å². The molecule has 0 aliphatic carbocycles. The molecule has 0 saturated carbocycles. The second-order valence-corrected chi connectivity index (χ2v) is 5.91. The van der Waals surface area contributed by atoms with E-state index in [9.17, 15) is 4.79 Å². The third-order valence-electron chi connectivity index (χ3n) is 3.54. The van der Waals surface area contributed by atoms with Gasteiger partial charge in [0.15, 0.2) is 0 Å². The molecule has 0 atom stereocenters. The van der Waals surface area contributed by atoms with E-state index in [1.165, 1.54) is 4.90 Å². The van der Waals surface area contributed by atoms with E-state index in [1.807, 2.05) is 54.8 Å². The van der Waals surface area contributed by atoms with Gasteiger partial charge in [0.05, 0.1) is 5.56 Å². The van der Waals surface area contributed by atoms with Gasteiger partial charge < -0.3 is 4.42 Å². The maximum atomic E-state index is 12.4. The van der Waals surface area contributed by atoms with Crippen molar-refractivity contribution in [2.45, 2.75) is 11.8 Å². The molecule has 110 valence electrons. The Kier molecular flexibility index (Phi) is 4.16. The Morgan fingerprint density at radius 3 is 2.23 bits per heavy atom. The molecule has 0 N–H and O–H groups in total. The number of benzene rings is 2. The van der Waals surface area contributed by atoms with E-state index in [0.29, 0.717) is 11.3 Å². The Morgan fingerprint density at radius 2 is 1.59 bits per heavy atom. The summed E-state index contributed by atoms with van der Waals surface area (Å²) < 4.78 is 5.31. The zero-order chi connectivity index (χ0) is 15.5. The molecule has 0 aliphatic heterocycles. The molecule has 0 fully saturated rings. The number of hydrogen-bond acceptors (Lipinski definition) is 3. The van der Waals surface area contributed by atoms with E-state index in [-0.39, 0.29) is 5.63 Å². The van der Waals surface area contributed by atoms with E-state index >= 15 is 0 Å². The standard InChI is InChI=1S/C19H16O2S/c1-13-12-17(14-8-10-16(22-2)11-9-14)18(19(20)21-13)15-6-4-3-5-7-15/h3-12H,1-2H3. The average Bonchev–Trinajstić information content (AvgIpc) is 2.55. The van der Waals surface area contributed by atoms with Gasteiger partial charge in [-0.3, -0.25) is 0 Å². The molecule has 0 saturated heterocycles. The van der Waals surface area contributed by atoms with Gasteiger partial charge in [0.2, 0.25) is 0 Å². The Labute approximate surface area is 133 Å². The van der Waals surface area contributed by atoms with Crippen LogP contribution in [0.15, 0.2) is 74.8 Å². The summed E-state index contributed by atoms with van der Waals surface area (Å²) in [5.74, 6) is 0.619. The van der Waals surface area contributed by atoms with Crippen LogP contribution in [-0.2, 0) is 0 Å². The first kappa shape index (κ1) is 14.7. The first-order valence-corrected chi connectivity index (χ1v) is 8.26.